The van der Waals surface area contributed by atoms with Gasteiger partial charge in [0.2, 0.25) is 10.0 Å². The van der Waals surface area contributed by atoms with Gasteiger partial charge in [0.05, 0.1) is 25.3 Å². The van der Waals surface area contributed by atoms with Crippen molar-refractivity contribution < 1.29 is 17.9 Å². The summed E-state index contributed by atoms with van der Waals surface area (Å²) in [5.74, 6) is 0.498. The van der Waals surface area contributed by atoms with E-state index in [1.165, 1.54) is 41.8 Å². The fourth-order valence-electron chi connectivity index (χ4n) is 4.26. The fourth-order valence-corrected chi connectivity index (χ4v) is 6.07. The predicted octanol–water partition coefficient (Wildman–Crippen LogP) is 4.45. The van der Waals surface area contributed by atoms with Crippen LogP contribution in [0, 0.1) is 0 Å². The molecule has 3 aromatic carbocycles. The molecule has 6 nitrogen and oxygen atoms in total. The normalized spacial score (nSPS) is 15.5. The van der Waals surface area contributed by atoms with Gasteiger partial charge in [-0.3, -0.25) is 4.90 Å². The minimum Gasteiger partial charge on any atom is -0.495 e. The molecule has 0 aromatic heterocycles. The second-order valence-electron chi connectivity index (χ2n) is 7.80. The van der Waals surface area contributed by atoms with Crippen LogP contribution in [-0.4, -0.2) is 58.0 Å². The van der Waals surface area contributed by atoms with Crippen LogP contribution in [0.3, 0.4) is 0 Å². The SMILES string of the molecule is COc1cc(S(=O)(=O)N2CCN(C(c3ccccc3)c3ccccc3)CC2)c(OC)cc1Cl. The molecule has 0 atom stereocenters. The van der Waals surface area contributed by atoms with Crippen molar-refractivity contribution in [3.8, 4) is 11.5 Å². The first-order valence-corrected chi connectivity index (χ1v) is 12.5. The zero-order valence-corrected chi connectivity index (χ0v) is 20.2. The van der Waals surface area contributed by atoms with Crippen molar-refractivity contribution in [1.82, 2.24) is 9.21 Å². The van der Waals surface area contributed by atoms with Crippen molar-refractivity contribution in [1.29, 1.82) is 0 Å². The molecule has 0 amide bonds. The van der Waals surface area contributed by atoms with Gasteiger partial charge in [-0.1, -0.05) is 72.3 Å². The first-order chi connectivity index (χ1) is 16.0. The predicted molar refractivity (Wildman–Crippen MR) is 130 cm³/mol. The number of nitrogens with zero attached hydrogens (tertiary/aromatic N) is 2. The molecule has 8 heteroatoms. The highest BCUT2D eigenvalue weighted by molar-refractivity contribution is 7.89. The molecule has 33 heavy (non-hydrogen) atoms. The van der Waals surface area contributed by atoms with Gasteiger partial charge in [0, 0.05) is 38.3 Å². The average Bonchev–Trinajstić information content (AvgIpc) is 2.85. The second-order valence-corrected chi connectivity index (χ2v) is 10.1. The molecule has 0 spiro atoms. The van der Waals surface area contributed by atoms with Crippen LogP contribution < -0.4 is 9.47 Å². The Morgan fingerprint density at radius 2 is 1.30 bits per heavy atom. The molecule has 1 aliphatic heterocycles. The summed E-state index contributed by atoms with van der Waals surface area (Å²) in [6, 6.07) is 23.6. The summed E-state index contributed by atoms with van der Waals surface area (Å²) >= 11 is 6.17. The van der Waals surface area contributed by atoms with Crippen LogP contribution >= 0.6 is 11.6 Å². The van der Waals surface area contributed by atoms with E-state index >= 15 is 0 Å². The van der Waals surface area contributed by atoms with Crippen LogP contribution in [0.4, 0.5) is 0 Å². The molecular formula is C25H27ClN2O4S. The molecule has 0 bridgehead atoms. The maximum absolute atomic E-state index is 13.5. The minimum absolute atomic E-state index is 0.0577. The van der Waals surface area contributed by atoms with E-state index in [-0.39, 0.29) is 16.7 Å². The molecule has 1 heterocycles. The largest absolute Gasteiger partial charge is 0.495 e. The maximum atomic E-state index is 13.5. The summed E-state index contributed by atoms with van der Waals surface area (Å²) in [7, 11) is -0.905. The van der Waals surface area contributed by atoms with E-state index in [1.54, 1.807) is 0 Å². The van der Waals surface area contributed by atoms with Gasteiger partial charge in [0.25, 0.3) is 0 Å². The minimum atomic E-state index is -3.79. The highest BCUT2D eigenvalue weighted by atomic mass is 35.5. The number of sulfonamides is 1. The van der Waals surface area contributed by atoms with Crippen LogP contribution in [0.1, 0.15) is 17.2 Å². The number of halogens is 1. The van der Waals surface area contributed by atoms with Crippen LogP contribution in [0.15, 0.2) is 77.7 Å². The van der Waals surface area contributed by atoms with Crippen LogP contribution in [0.5, 0.6) is 11.5 Å². The molecule has 0 saturated carbocycles. The van der Waals surface area contributed by atoms with E-state index in [2.05, 4.69) is 29.2 Å². The van der Waals surface area contributed by atoms with E-state index in [0.717, 1.165) is 0 Å². The van der Waals surface area contributed by atoms with Gasteiger partial charge in [-0.2, -0.15) is 4.31 Å². The molecule has 0 N–H and O–H groups in total. The zero-order chi connectivity index (χ0) is 23.4. The van der Waals surface area contributed by atoms with E-state index in [0.29, 0.717) is 37.0 Å². The molecule has 0 unspecified atom stereocenters. The van der Waals surface area contributed by atoms with Crippen molar-refractivity contribution in [2.24, 2.45) is 0 Å². The summed E-state index contributed by atoms with van der Waals surface area (Å²) in [5.41, 5.74) is 2.37. The highest BCUT2D eigenvalue weighted by Crippen LogP contribution is 2.37. The van der Waals surface area contributed by atoms with E-state index in [9.17, 15) is 8.42 Å². The van der Waals surface area contributed by atoms with Crippen LogP contribution in [0.2, 0.25) is 5.02 Å². The number of ether oxygens (including phenoxy) is 2. The first-order valence-electron chi connectivity index (χ1n) is 10.7. The number of piperazine rings is 1. The van der Waals surface area contributed by atoms with Crippen molar-refractivity contribution in [3.63, 3.8) is 0 Å². The van der Waals surface area contributed by atoms with E-state index in [4.69, 9.17) is 21.1 Å². The molecule has 1 fully saturated rings. The third-order valence-electron chi connectivity index (χ3n) is 5.92. The van der Waals surface area contributed by atoms with Crippen LogP contribution in [0.25, 0.3) is 0 Å². The van der Waals surface area contributed by atoms with Crippen molar-refractivity contribution >= 4 is 21.6 Å². The lowest BCUT2D eigenvalue weighted by Crippen LogP contribution is -2.49. The molecular weight excluding hydrogens is 460 g/mol. The molecule has 0 radical (unpaired) electrons. The van der Waals surface area contributed by atoms with Gasteiger partial charge >= 0.3 is 0 Å². The number of hydrogen-bond acceptors (Lipinski definition) is 5. The number of methoxy groups -OCH3 is 2. The lowest BCUT2D eigenvalue weighted by molar-refractivity contribution is 0.155. The Morgan fingerprint density at radius 3 is 1.79 bits per heavy atom. The quantitative estimate of drug-likeness (QED) is 0.493. The average molecular weight is 487 g/mol. The Labute approximate surface area is 200 Å². The Balaban J connectivity index is 1.59. The summed E-state index contributed by atoms with van der Waals surface area (Å²) in [6.07, 6.45) is 0. The Kier molecular flexibility index (Phi) is 7.24. The van der Waals surface area contributed by atoms with Crippen LogP contribution in [-0.2, 0) is 10.0 Å². The second kappa shape index (κ2) is 10.1. The van der Waals surface area contributed by atoms with Gasteiger partial charge in [0.15, 0.2) is 0 Å². The maximum Gasteiger partial charge on any atom is 0.246 e. The Morgan fingerprint density at radius 1 is 0.788 bits per heavy atom. The van der Waals surface area contributed by atoms with Gasteiger partial charge in [-0.05, 0) is 11.1 Å². The first kappa shape index (κ1) is 23.6. The fraction of sp³-hybridized carbons (Fsp3) is 0.280. The van der Waals surface area contributed by atoms with Crippen molar-refractivity contribution in [2.75, 3.05) is 40.4 Å². The lowest BCUT2D eigenvalue weighted by atomic mass is 9.96. The molecule has 0 aliphatic carbocycles. The number of hydrogen-bond donors (Lipinski definition) is 0. The molecule has 174 valence electrons. The molecule has 1 aliphatic rings. The third kappa shape index (κ3) is 4.87. The number of rotatable bonds is 7. The monoisotopic (exact) mass is 486 g/mol. The summed E-state index contributed by atoms with van der Waals surface area (Å²) in [4.78, 5) is 2.39. The van der Waals surface area contributed by atoms with Crippen molar-refractivity contribution in [2.45, 2.75) is 10.9 Å². The van der Waals surface area contributed by atoms with Gasteiger partial charge in [0.1, 0.15) is 16.4 Å². The van der Waals surface area contributed by atoms with Gasteiger partial charge in [-0.25, -0.2) is 8.42 Å². The lowest BCUT2D eigenvalue weighted by Gasteiger charge is -2.39. The van der Waals surface area contributed by atoms with Gasteiger partial charge in [-0.15, -0.1) is 0 Å². The number of benzene rings is 3. The summed E-state index contributed by atoms with van der Waals surface area (Å²) in [6.45, 7) is 1.93. The van der Waals surface area contributed by atoms with E-state index < -0.39 is 10.0 Å². The zero-order valence-electron chi connectivity index (χ0n) is 18.6. The third-order valence-corrected chi connectivity index (χ3v) is 8.14. The molecule has 3 aromatic rings. The Hall–Kier alpha value is -2.58. The van der Waals surface area contributed by atoms with Gasteiger partial charge < -0.3 is 9.47 Å². The molecule has 1 saturated heterocycles. The van der Waals surface area contributed by atoms with Crippen molar-refractivity contribution in [3.05, 3.63) is 88.9 Å². The summed E-state index contributed by atoms with van der Waals surface area (Å²) < 4.78 is 39.0. The Bertz CT molecular complexity index is 1140. The summed E-state index contributed by atoms with van der Waals surface area (Å²) in [5, 5.41) is 0.298. The van der Waals surface area contributed by atoms with E-state index in [1.807, 2.05) is 36.4 Å². The standard InChI is InChI=1S/C25H27ClN2O4S/c1-31-22-18-24(23(32-2)17-21(22)26)33(29,30)28-15-13-27(14-16-28)25(19-9-5-3-6-10-19)20-11-7-4-8-12-20/h3-12,17-18,25H,13-16H2,1-2H3. The highest BCUT2D eigenvalue weighted by Gasteiger charge is 2.34. The molecule has 4 rings (SSSR count). The topological polar surface area (TPSA) is 59.1 Å². The smallest absolute Gasteiger partial charge is 0.246 e.